The zero-order chi connectivity index (χ0) is 14.1. The fourth-order valence-corrected chi connectivity index (χ4v) is 2.04. The smallest absolute Gasteiger partial charge is 0.312 e. The topological polar surface area (TPSA) is 85.5 Å². The summed E-state index contributed by atoms with van der Waals surface area (Å²) in [5.74, 6) is 0.0933. The van der Waals surface area contributed by atoms with Crippen LogP contribution in [0.25, 0.3) is 11.6 Å². The molecule has 20 heavy (non-hydrogen) atoms. The number of carboxylic acid groups (broad SMARTS) is 1. The molecule has 1 aromatic carbocycles. The summed E-state index contributed by atoms with van der Waals surface area (Å²) in [6.45, 7) is 0.292. The first-order valence-corrected chi connectivity index (χ1v) is 6.17. The van der Waals surface area contributed by atoms with Crippen LogP contribution >= 0.6 is 11.6 Å². The van der Waals surface area contributed by atoms with Crippen molar-refractivity contribution in [3.63, 3.8) is 0 Å². The van der Waals surface area contributed by atoms with Crippen LogP contribution in [0.3, 0.4) is 0 Å². The number of ether oxygens (including phenoxy) is 1. The van der Waals surface area contributed by atoms with E-state index < -0.39 is 5.97 Å². The van der Waals surface area contributed by atoms with E-state index >= 15 is 0 Å². The number of aliphatic carboxylic acids is 1. The van der Waals surface area contributed by atoms with Gasteiger partial charge in [-0.15, -0.1) is 0 Å². The summed E-state index contributed by atoms with van der Waals surface area (Å²) < 4.78 is 10.4. The van der Waals surface area contributed by atoms with Crippen molar-refractivity contribution in [2.24, 2.45) is 0 Å². The minimum Gasteiger partial charge on any atom is -0.488 e. The molecule has 2 aromatic rings. The molecule has 1 aromatic heterocycles. The van der Waals surface area contributed by atoms with Crippen molar-refractivity contribution in [3.05, 3.63) is 40.5 Å². The fraction of sp³-hybridized carbons (Fsp3) is 0.154. The highest BCUT2D eigenvalue weighted by Crippen LogP contribution is 2.31. The molecule has 0 saturated carbocycles. The van der Waals surface area contributed by atoms with Gasteiger partial charge < -0.3 is 14.4 Å². The Balaban J connectivity index is 1.91. The second-order valence-electron chi connectivity index (χ2n) is 4.22. The molecule has 0 fully saturated rings. The predicted molar refractivity (Wildman–Crippen MR) is 70.5 cm³/mol. The van der Waals surface area contributed by atoms with E-state index in [9.17, 15) is 4.79 Å². The second-order valence-corrected chi connectivity index (χ2v) is 4.66. The summed E-state index contributed by atoms with van der Waals surface area (Å²) in [6.07, 6.45) is 1.55. The van der Waals surface area contributed by atoms with Gasteiger partial charge in [0, 0.05) is 16.2 Å². The van der Waals surface area contributed by atoms with Gasteiger partial charge in [-0.25, -0.2) is 0 Å². The number of aromatic nitrogens is 2. The predicted octanol–water partition coefficient (Wildman–Crippen LogP) is 2.28. The van der Waals surface area contributed by atoms with Gasteiger partial charge in [0.1, 0.15) is 18.8 Å². The zero-order valence-electron chi connectivity index (χ0n) is 10.2. The van der Waals surface area contributed by atoms with Gasteiger partial charge in [0.15, 0.2) is 0 Å². The maximum atomic E-state index is 10.6. The molecular weight excluding hydrogens is 284 g/mol. The van der Waals surface area contributed by atoms with Crippen molar-refractivity contribution >= 4 is 29.2 Å². The van der Waals surface area contributed by atoms with Gasteiger partial charge in [-0.05, 0) is 24.3 Å². The first kappa shape index (κ1) is 12.7. The second kappa shape index (κ2) is 4.97. The third-order valence-electron chi connectivity index (χ3n) is 2.74. The monoisotopic (exact) mass is 292 g/mol. The Kier molecular flexibility index (Phi) is 3.15. The summed E-state index contributed by atoms with van der Waals surface area (Å²) in [5.41, 5.74) is 1.53. The summed E-state index contributed by atoms with van der Waals surface area (Å²) in [4.78, 5) is 14.6. The van der Waals surface area contributed by atoms with Crippen LogP contribution in [-0.2, 0) is 11.2 Å². The molecule has 0 unspecified atom stereocenters. The molecule has 2 heterocycles. The first-order chi connectivity index (χ1) is 9.61. The third kappa shape index (κ3) is 2.50. The molecule has 6 nitrogen and oxygen atoms in total. The van der Waals surface area contributed by atoms with E-state index in [2.05, 4.69) is 10.1 Å². The number of hydrogen-bond donors (Lipinski definition) is 1. The van der Waals surface area contributed by atoms with Crippen molar-refractivity contribution in [2.75, 3.05) is 6.61 Å². The zero-order valence-corrected chi connectivity index (χ0v) is 10.9. The molecule has 0 atom stereocenters. The molecular formula is C13H9ClN2O4. The number of benzene rings is 1. The third-order valence-corrected chi connectivity index (χ3v) is 2.98. The number of carboxylic acids is 1. The number of rotatable bonds is 3. The van der Waals surface area contributed by atoms with Crippen LogP contribution in [0.2, 0.25) is 5.02 Å². The number of carbonyl (C=O) groups is 1. The molecule has 1 N–H and O–H groups in total. The van der Waals surface area contributed by atoms with Gasteiger partial charge in [0.25, 0.3) is 0 Å². The average Bonchev–Trinajstić information content (AvgIpc) is 2.85. The Bertz CT molecular complexity index is 708. The van der Waals surface area contributed by atoms with Crippen molar-refractivity contribution < 1.29 is 19.2 Å². The minimum absolute atomic E-state index is 0.0605. The van der Waals surface area contributed by atoms with Crippen LogP contribution in [-0.4, -0.2) is 27.8 Å². The Morgan fingerprint density at radius 1 is 1.45 bits per heavy atom. The maximum absolute atomic E-state index is 10.6. The maximum Gasteiger partial charge on any atom is 0.312 e. The van der Waals surface area contributed by atoms with Gasteiger partial charge >= 0.3 is 5.97 Å². The SMILES string of the molecule is O=C(O)Cc1nc(C2=Cc3cc(Cl)ccc3OC2)no1. The minimum atomic E-state index is -1.02. The summed E-state index contributed by atoms with van der Waals surface area (Å²) in [6, 6.07) is 5.31. The molecule has 0 radical (unpaired) electrons. The molecule has 0 spiro atoms. The summed E-state index contributed by atoms with van der Waals surface area (Å²) in [5, 5.41) is 13.0. The number of fused-ring (bicyclic) bond motifs is 1. The van der Waals surface area contributed by atoms with Crippen molar-refractivity contribution in [2.45, 2.75) is 6.42 Å². The van der Waals surface area contributed by atoms with Crippen LogP contribution in [0.5, 0.6) is 5.75 Å². The lowest BCUT2D eigenvalue weighted by molar-refractivity contribution is -0.136. The lowest BCUT2D eigenvalue weighted by Gasteiger charge is -2.16. The fourth-order valence-electron chi connectivity index (χ4n) is 1.86. The summed E-state index contributed by atoms with van der Waals surface area (Å²) in [7, 11) is 0. The van der Waals surface area contributed by atoms with Crippen molar-refractivity contribution in [1.29, 1.82) is 0 Å². The van der Waals surface area contributed by atoms with Crippen LogP contribution in [0, 0.1) is 0 Å². The Labute approximate surface area is 118 Å². The van der Waals surface area contributed by atoms with Crippen LogP contribution in [0.15, 0.2) is 22.7 Å². The highest BCUT2D eigenvalue weighted by Gasteiger charge is 2.18. The highest BCUT2D eigenvalue weighted by atomic mass is 35.5. The van der Waals surface area contributed by atoms with Gasteiger partial charge in [0.2, 0.25) is 11.7 Å². The van der Waals surface area contributed by atoms with Gasteiger partial charge in [0.05, 0.1) is 0 Å². The van der Waals surface area contributed by atoms with E-state index in [1.54, 1.807) is 18.2 Å². The van der Waals surface area contributed by atoms with Gasteiger partial charge in [-0.2, -0.15) is 4.98 Å². The largest absolute Gasteiger partial charge is 0.488 e. The number of halogens is 1. The van der Waals surface area contributed by atoms with E-state index in [0.29, 0.717) is 23.0 Å². The van der Waals surface area contributed by atoms with Crippen LogP contribution < -0.4 is 4.74 Å². The van der Waals surface area contributed by atoms with E-state index in [0.717, 1.165) is 11.3 Å². The molecule has 0 amide bonds. The van der Waals surface area contributed by atoms with Crippen molar-refractivity contribution in [3.8, 4) is 5.75 Å². The molecule has 0 bridgehead atoms. The Morgan fingerprint density at radius 3 is 3.10 bits per heavy atom. The first-order valence-electron chi connectivity index (χ1n) is 5.79. The average molecular weight is 293 g/mol. The molecule has 0 saturated heterocycles. The standard InChI is InChI=1S/C13H9ClN2O4/c14-9-1-2-10-7(4-9)3-8(6-19-10)13-15-11(20-16-13)5-12(17)18/h1-4H,5-6H2,(H,17,18). The summed E-state index contributed by atoms with van der Waals surface area (Å²) >= 11 is 5.93. The van der Waals surface area contributed by atoms with E-state index in [-0.39, 0.29) is 12.3 Å². The number of hydrogen-bond acceptors (Lipinski definition) is 5. The molecule has 1 aliphatic heterocycles. The lowest BCUT2D eigenvalue weighted by atomic mass is 10.1. The normalized spacial score (nSPS) is 13.3. The highest BCUT2D eigenvalue weighted by molar-refractivity contribution is 6.30. The quantitative estimate of drug-likeness (QED) is 0.934. The number of nitrogens with zero attached hydrogens (tertiary/aromatic N) is 2. The molecule has 102 valence electrons. The molecule has 0 aliphatic carbocycles. The molecule has 1 aliphatic rings. The van der Waals surface area contributed by atoms with E-state index in [1.807, 2.05) is 6.08 Å². The Hall–Kier alpha value is -2.34. The lowest BCUT2D eigenvalue weighted by Crippen LogP contribution is -2.08. The van der Waals surface area contributed by atoms with E-state index in [1.165, 1.54) is 0 Å². The van der Waals surface area contributed by atoms with Crippen molar-refractivity contribution in [1.82, 2.24) is 10.1 Å². The van der Waals surface area contributed by atoms with E-state index in [4.69, 9.17) is 26.0 Å². The van der Waals surface area contributed by atoms with Crippen LogP contribution in [0.1, 0.15) is 17.3 Å². The Morgan fingerprint density at radius 2 is 2.30 bits per heavy atom. The van der Waals surface area contributed by atoms with Crippen LogP contribution in [0.4, 0.5) is 0 Å². The van der Waals surface area contributed by atoms with Gasteiger partial charge in [-0.3, -0.25) is 4.79 Å². The molecule has 7 heteroatoms. The van der Waals surface area contributed by atoms with Gasteiger partial charge in [-0.1, -0.05) is 16.8 Å². The molecule has 3 rings (SSSR count).